The molecule has 0 fully saturated rings. The number of phenols is 1. The van der Waals surface area contributed by atoms with Crippen LogP contribution in [-0.4, -0.2) is 146 Å². The Morgan fingerprint density at radius 1 is 0.629 bits per heavy atom. The third-order valence-electron chi connectivity index (χ3n) is 11.7. The van der Waals surface area contributed by atoms with Gasteiger partial charge < -0.3 is 57.4 Å². The normalized spacial score (nSPS) is 13.9. The van der Waals surface area contributed by atoms with Crippen LogP contribution in [0, 0.1) is 11.8 Å². The molecular formula is C48H74N6O16. The summed E-state index contributed by atoms with van der Waals surface area (Å²) in [6.07, 6.45) is 1.20. The van der Waals surface area contributed by atoms with Crippen molar-refractivity contribution >= 4 is 64.7 Å². The van der Waals surface area contributed by atoms with Crippen molar-refractivity contribution in [2.75, 3.05) is 26.2 Å². The van der Waals surface area contributed by atoms with Gasteiger partial charge in [-0.15, -0.1) is 0 Å². The summed E-state index contributed by atoms with van der Waals surface area (Å²) in [5.74, 6) is -10.0. The molecule has 0 bridgehead atoms. The number of ketones is 4. The highest BCUT2D eigenvalue weighted by molar-refractivity contribution is 5.96. The van der Waals surface area contributed by atoms with Crippen molar-refractivity contribution in [1.82, 2.24) is 31.9 Å². The molecule has 1 aromatic rings. The van der Waals surface area contributed by atoms with Crippen LogP contribution in [0.15, 0.2) is 24.3 Å². The van der Waals surface area contributed by atoms with Gasteiger partial charge in [-0.2, -0.15) is 0 Å². The van der Waals surface area contributed by atoms with Crippen LogP contribution < -0.4 is 31.9 Å². The molecule has 0 saturated carbocycles. The molecule has 1 rings (SSSR count). The SMILES string of the molecule is CCCC[C@H](NCC(=O)C(C)(C)NC(=O)[C@@H](Cc1ccc(O)cc1)NC(C)=O)C(=O)CN[C@@H](CCCCNC(=O)CC[C@H](CC(=O)CC[C@H](NC(=O)CC[C@H](CC)C(=O)O)C(=O)O)C(=O)O)C(=O)CO. The van der Waals surface area contributed by atoms with Crippen LogP contribution in [0.5, 0.6) is 5.75 Å². The van der Waals surface area contributed by atoms with E-state index in [4.69, 9.17) is 5.11 Å². The summed E-state index contributed by atoms with van der Waals surface area (Å²) in [6, 6.07) is 1.90. The van der Waals surface area contributed by atoms with Crippen molar-refractivity contribution in [1.29, 1.82) is 0 Å². The number of hydrogen-bond donors (Lipinski definition) is 11. The second kappa shape index (κ2) is 32.6. The van der Waals surface area contributed by atoms with Gasteiger partial charge in [0, 0.05) is 45.6 Å². The van der Waals surface area contributed by atoms with Crippen LogP contribution in [0.25, 0.3) is 0 Å². The van der Waals surface area contributed by atoms with Crippen LogP contribution >= 0.6 is 0 Å². The van der Waals surface area contributed by atoms with E-state index in [0.717, 1.165) is 6.42 Å². The molecule has 22 heteroatoms. The van der Waals surface area contributed by atoms with Gasteiger partial charge in [-0.1, -0.05) is 38.8 Å². The van der Waals surface area contributed by atoms with Crippen molar-refractivity contribution in [3.8, 4) is 5.75 Å². The first-order valence-corrected chi connectivity index (χ1v) is 23.7. The number of unbranched alkanes of at least 4 members (excludes halogenated alkanes) is 2. The molecule has 0 aromatic heterocycles. The highest BCUT2D eigenvalue weighted by Gasteiger charge is 2.34. The lowest BCUT2D eigenvalue weighted by Gasteiger charge is -2.29. The summed E-state index contributed by atoms with van der Waals surface area (Å²) >= 11 is 0. The van der Waals surface area contributed by atoms with Gasteiger partial charge in [-0.05, 0) is 82.9 Å². The summed E-state index contributed by atoms with van der Waals surface area (Å²) < 4.78 is 0. The first kappa shape index (κ1) is 61.9. The number of aromatic hydroxyl groups is 1. The number of Topliss-reactive ketones (excluding diaryl/α,β-unsaturated/α-hetero) is 4. The van der Waals surface area contributed by atoms with Gasteiger partial charge in [0.15, 0.2) is 17.3 Å². The molecule has 0 spiro atoms. The topological polar surface area (TPSA) is 361 Å². The van der Waals surface area contributed by atoms with Crippen LogP contribution in [0.2, 0.25) is 0 Å². The van der Waals surface area contributed by atoms with Crippen LogP contribution in [0.1, 0.15) is 130 Å². The molecule has 0 saturated heterocycles. The molecule has 11 N–H and O–H groups in total. The van der Waals surface area contributed by atoms with E-state index >= 15 is 0 Å². The minimum absolute atomic E-state index is 0.000812. The van der Waals surface area contributed by atoms with E-state index in [-0.39, 0.29) is 89.0 Å². The summed E-state index contributed by atoms with van der Waals surface area (Å²) in [6.45, 7) is 6.59. The summed E-state index contributed by atoms with van der Waals surface area (Å²) in [5, 5.41) is 63.6. The number of carboxylic acid groups (broad SMARTS) is 3. The van der Waals surface area contributed by atoms with Crippen LogP contribution in [0.4, 0.5) is 0 Å². The lowest BCUT2D eigenvalue weighted by Crippen LogP contribution is -2.59. The van der Waals surface area contributed by atoms with E-state index in [1.54, 1.807) is 19.1 Å². The molecule has 22 nitrogen and oxygen atoms in total. The molecule has 70 heavy (non-hydrogen) atoms. The zero-order valence-corrected chi connectivity index (χ0v) is 40.9. The predicted octanol–water partition coefficient (Wildman–Crippen LogP) is 1.11. The molecule has 6 atom stereocenters. The van der Waals surface area contributed by atoms with Crippen LogP contribution in [0.3, 0.4) is 0 Å². The monoisotopic (exact) mass is 991 g/mol. The van der Waals surface area contributed by atoms with Gasteiger partial charge in [0.1, 0.15) is 30.2 Å². The van der Waals surface area contributed by atoms with Crippen molar-refractivity contribution in [3.63, 3.8) is 0 Å². The number of aliphatic hydroxyl groups is 1. The lowest BCUT2D eigenvalue weighted by molar-refractivity contribution is -0.145. The minimum atomic E-state index is -1.45. The van der Waals surface area contributed by atoms with Crippen molar-refractivity contribution in [3.05, 3.63) is 29.8 Å². The van der Waals surface area contributed by atoms with Crippen molar-refractivity contribution < 1.29 is 78.3 Å². The molecular weight excluding hydrogens is 917 g/mol. The second-order valence-corrected chi connectivity index (χ2v) is 17.9. The van der Waals surface area contributed by atoms with Crippen LogP contribution in [-0.2, 0) is 59.2 Å². The van der Waals surface area contributed by atoms with Gasteiger partial charge in [0.25, 0.3) is 0 Å². The molecule has 0 aliphatic carbocycles. The maximum atomic E-state index is 13.4. The third-order valence-corrected chi connectivity index (χ3v) is 11.7. The van der Waals surface area contributed by atoms with Gasteiger partial charge in [-0.25, -0.2) is 4.79 Å². The quantitative estimate of drug-likeness (QED) is 0.0412. The predicted molar refractivity (Wildman–Crippen MR) is 253 cm³/mol. The Morgan fingerprint density at radius 2 is 1.21 bits per heavy atom. The summed E-state index contributed by atoms with van der Waals surface area (Å²) in [4.78, 5) is 137. The van der Waals surface area contributed by atoms with Gasteiger partial charge in [0.05, 0.1) is 42.5 Å². The first-order chi connectivity index (χ1) is 32.9. The molecule has 0 radical (unpaired) electrons. The Hall–Kier alpha value is -6.13. The van der Waals surface area contributed by atoms with Gasteiger partial charge in [0.2, 0.25) is 23.6 Å². The Balaban J connectivity index is 2.67. The zero-order valence-electron chi connectivity index (χ0n) is 40.9. The average molecular weight is 991 g/mol. The number of carbonyl (C=O) groups excluding carboxylic acids is 8. The van der Waals surface area contributed by atoms with Gasteiger partial charge >= 0.3 is 17.9 Å². The fourth-order valence-corrected chi connectivity index (χ4v) is 7.26. The number of carboxylic acids is 3. The maximum absolute atomic E-state index is 13.4. The first-order valence-electron chi connectivity index (χ1n) is 23.7. The fraction of sp³-hybridized carbons (Fsp3) is 0.646. The molecule has 0 heterocycles. The average Bonchev–Trinajstić information content (AvgIpc) is 3.29. The van der Waals surface area contributed by atoms with Crippen molar-refractivity contribution in [2.45, 2.75) is 161 Å². The van der Waals surface area contributed by atoms with E-state index in [1.165, 1.54) is 32.9 Å². The number of phenolic OH excluding ortho intramolecular Hbond substituents is 1. The Kier molecular flexibility index (Phi) is 28.9. The smallest absolute Gasteiger partial charge is 0.326 e. The summed E-state index contributed by atoms with van der Waals surface area (Å²) in [5.41, 5.74) is -0.761. The van der Waals surface area contributed by atoms with E-state index < -0.39 is 113 Å². The van der Waals surface area contributed by atoms with E-state index in [1.807, 2.05) is 6.92 Å². The van der Waals surface area contributed by atoms with E-state index in [2.05, 4.69) is 31.9 Å². The Labute approximate surface area is 408 Å². The summed E-state index contributed by atoms with van der Waals surface area (Å²) in [7, 11) is 0. The molecule has 392 valence electrons. The number of rotatable bonds is 39. The molecule has 0 aliphatic heterocycles. The number of hydrogen-bond acceptors (Lipinski definition) is 15. The molecule has 1 aromatic carbocycles. The molecule has 0 unspecified atom stereocenters. The lowest BCUT2D eigenvalue weighted by atomic mass is 9.94. The number of amides is 4. The van der Waals surface area contributed by atoms with E-state index in [0.29, 0.717) is 31.2 Å². The number of nitrogens with one attached hydrogen (secondary N) is 6. The number of benzene rings is 1. The highest BCUT2D eigenvalue weighted by atomic mass is 16.4. The largest absolute Gasteiger partial charge is 0.508 e. The number of aliphatic carboxylic acids is 3. The van der Waals surface area contributed by atoms with Gasteiger partial charge in [-0.3, -0.25) is 47.9 Å². The highest BCUT2D eigenvalue weighted by Crippen LogP contribution is 2.17. The third kappa shape index (κ3) is 24.9. The maximum Gasteiger partial charge on any atom is 0.326 e. The fourth-order valence-electron chi connectivity index (χ4n) is 7.26. The second-order valence-electron chi connectivity index (χ2n) is 17.9. The number of aliphatic hydroxyl groups excluding tert-OH is 1. The number of carbonyl (C=O) groups is 11. The minimum Gasteiger partial charge on any atom is -0.508 e. The van der Waals surface area contributed by atoms with E-state index in [9.17, 15) is 73.2 Å². The Morgan fingerprint density at radius 3 is 1.79 bits per heavy atom. The van der Waals surface area contributed by atoms with Crippen molar-refractivity contribution in [2.24, 2.45) is 11.8 Å². The zero-order chi connectivity index (χ0) is 53.0. The standard InChI is InChI=1S/C48H74N6O16/c1-6-8-11-35(51-27-41(61)48(4,5)54-44(64)38(52-29(3)56)24-30-13-17-33(57)18-14-30)39(59)26-50-36(40(60)28-55)12-9-10-23-49-42(62)21-16-32(46(67)68)25-34(58)19-20-37(47(69)70)53-43(63)22-15-31(7-2)45(65)66/h13-14,17-18,31-32,35-38,50-51,55,57H,6-12,15-16,19-28H2,1-5H3,(H,49,62)(H,52,56)(H,53,63)(H,54,64)(H,65,66)(H,67,68)(H,69,70)/t31-,32+,35-,36-,37-,38+/m0/s1. The Bertz CT molecular complexity index is 1940. The molecule has 4 amide bonds. The molecule has 0 aliphatic rings.